The van der Waals surface area contributed by atoms with Crippen LogP contribution in [0.2, 0.25) is 38.5 Å². The second kappa shape index (κ2) is 8.09. The van der Waals surface area contributed by atoms with E-state index in [1.807, 2.05) is 0 Å². The van der Waals surface area contributed by atoms with Gasteiger partial charge in [-0.25, -0.2) is 0 Å². The molecule has 0 aliphatic carbocycles. The Kier molecular flexibility index (Phi) is 5.20. The molecule has 0 nitrogen and oxygen atoms in total. The van der Waals surface area contributed by atoms with E-state index in [1.165, 1.54) is 0 Å². The summed E-state index contributed by atoms with van der Waals surface area (Å²) in [5.74, 6) is 0. The van der Waals surface area contributed by atoms with E-state index in [-0.39, 0.29) is 48.5 Å². The standard InChI is InChI=1S/C37H15F24P2.C5H5.Fe/c38-30(39,40)16-6-1-12-22(26(16)34(50,51)52)62(23-13-2-7-17(31(41,42)43)27(23)35(53,54)55)20-10-5-11-21(20)63(24-14-3-8-18(32(44,45)46)28(24)36(56,57)58)25-15-4-9-19(33(47,48)49)29(25)37(59,60)61;1-2-4-5-3-1;/h1-15H;1-5H;. The van der Waals surface area contributed by atoms with Crippen LogP contribution in [0.3, 0.4) is 0 Å². The summed E-state index contributed by atoms with van der Waals surface area (Å²) in [5, 5.41) is -6.78. The summed E-state index contributed by atoms with van der Waals surface area (Å²) in [5.41, 5.74) is -21.1. The van der Waals surface area contributed by atoms with Gasteiger partial charge < -0.3 is 0 Å². The number of benzene rings is 4. The molecule has 0 radical (unpaired) electrons. The average molecular weight is 1100 g/mol. The molecule has 1 spiro atoms. The van der Waals surface area contributed by atoms with Crippen LogP contribution in [0.1, 0.15) is 44.5 Å². The SMILES string of the molecule is FC(F)(F)c1cccc(P(c2cccc(C(F)(F)F)c2C(F)(F)F)[C]23[CH]4[CH]5[CH]6[C]2(P(c2cccc(C(F)(F)F)c2C(F)(F)F)c2cccc(C(F)(F)F)c2C(F)(F)F)[Fe]54632789[CH]3[CH]2[CH]7[CH]8[CH]39)c1C(F)(F)F. The van der Waals surface area contributed by atoms with Crippen molar-refractivity contribution in [2.24, 2.45) is 0 Å². The first kappa shape index (κ1) is 44.3. The Morgan fingerprint density at radius 3 is 0.638 bits per heavy atom. The molecule has 0 bridgehead atoms. The minimum absolute atomic E-state index is 0.144. The van der Waals surface area contributed by atoms with Crippen LogP contribution < -0.4 is 21.2 Å². The van der Waals surface area contributed by atoms with Crippen molar-refractivity contribution in [2.45, 2.75) is 96.0 Å². The Hall–Kier alpha value is -3.42. The van der Waals surface area contributed by atoms with Gasteiger partial charge in [0.1, 0.15) is 0 Å². The number of hydrogen-bond donors (Lipinski definition) is 0. The molecule has 0 saturated carbocycles. The van der Waals surface area contributed by atoms with Gasteiger partial charge in [-0.1, -0.05) is 0 Å². The molecule has 0 amide bonds. The monoisotopic (exact) mass is 1100 g/mol. The first-order valence-electron chi connectivity index (χ1n) is 20.0. The fourth-order valence-electron chi connectivity index (χ4n) is 23.6. The van der Waals surface area contributed by atoms with Gasteiger partial charge in [0, 0.05) is 0 Å². The van der Waals surface area contributed by atoms with Gasteiger partial charge in [0.05, 0.1) is 0 Å². The van der Waals surface area contributed by atoms with E-state index < -0.39 is 184 Å². The van der Waals surface area contributed by atoms with Crippen LogP contribution in [0.5, 0.6) is 0 Å². The fraction of sp³-hybridized carbons (Fsp3) is 0.429. The van der Waals surface area contributed by atoms with Crippen molar-refractivity contribution in [3.05, 3.63) is 117 Å². The van der Waals surface area contributed by atoms with E-state index >= 15 is 52.7 Å². The molecule has 4 unspecified atom stereocenters. The van der Waals surface area contributed by atoms with Crippen LogP contribution in [0.25, 0.3) is 0 Å². The Bertz CT molecular complexity index is 3100. The normalized spacial score (nSPS) is 41.6. The van der Waals surface area contributed by atoms with Gasteiger partial charge in [0.25, 0.3) is 0 Å². The molecule has 4 aromatic carbocycles. The van der Waals surface area contributed by atoms with Crippen molar-refractivity contribution < 1.29 is 112 Å². The number of halogens is 24. The molecular formula is C42H20F24FeP2. The van der Waals surface area contributed by atoms with Crippen molar-refractivity contribution in [2.75, 3.05) is 0 Å². The summed E-state index contributed by atoms with van der Waals surface area (Å²) in [7, 11) is -8.39. The molecule has 374 valence electrons. The molecule has 0 aromatic heterocycles. The molecule has 10 aliphatic rings. The molecule has 10 heterocycles. The molecule has 10 aliphatic heterocycles. The van der Waals surface area contributed by atoms with Crippen LogP contribution in [0.15, 0.2) is 72.8 Å². The number of hydrogen-bond acceptors (Lipinski definition) is 0. The molecule has 4 atom stereocenters. The third kappa shape index (κ3) is 2.00. The topological polar surface area (TPSA) is 0 Å². The minimum atomic E-state index is -7.24. The summed E-state index contributed by atoms with van der Waals surface area (Å²) in [4.78, 5) is -7.68. The third-order valence-corrected chi connectivity index (χ3v) is 79.9. The van der Waals surface area contributed by atoms with Crippen LogP contribution in [-0.4, -0.2) is 8.11 Å². The Morgan fingerprint density at radius 1 is 0.290 bits per heavy atom. The van der Waals surface area contributed by atoms with Gasteiger partial charge in [-0.2, -0.15) is 0 Å². The van der Waals surface area contributed by atoms with Crippen LogP contribution >= 0.6 is 15.8 Å². The van der Waals surface area contributed by atoms with Gasteiger partial charge in [-0.3, -0.25) is 0 Å². The van der Waals surface area contributed by atoms with Crippen molar-refractivity contribution in [3.63, 3.8) is 0 Å². The second-order valence-corrected chi connectivity index (χ2v) is 49.8. The van der Waals surface area contributed by atoms with Gasteiger partial charge in [0.2, 0.25) is 0 Å². The summed E-state index contributed by atoms with van der Waals surface area (Å²) in [6.07, 6.45) is -49.2. The van der Waals surface area contributed by atoms with E-state index in [0.717, 1.165) is 0 Å². The summed E-state index contributed by atoms with van der Waals surface area (Å²) in [6.45, 7) is -7.24. The molecule has 27 heteroatoms. The zero-order valence-electron chi connectivity index (χ0n) is 32.9. The molecule has 0 N–H and O–H groups in total. The molecule has 10 fully saturated rings. The Labute approximate surface area is 361 Å². The summed E-state index contributed by atoms with van der Waals surface area (Å²) in [6, 6.07) is 1.68. The van der Waals surface area contributed by atoms with E-state index in [2.05, 4.69) is 0 Å². The fourth-order valence-corrected chi connectivity index (χ4v) is 129. The first-order valence-corrected chi connectivity index (χ1v) is 28.9. The predicted molar refractivity (Wildman–Crippen MR) is 194 cm³/mol. The van der Waals surface area contributed by atoms with Crippen molar-refractivity contribution in [3.8, 4) is 0 Å². The maximum atomic E-state index is 15.6. The number of alkyl halides is 24. The molecule has 4 aromatic rings. The van der Waals surface area contributed by atoms with Crippen LogP contribution in [0, 0.1) is 0 Å². The van der Waals surface area contributed by atoms with Gasteiger partial charge in [-0.15, -0.1) is 0 Å². The average Bonchev–Trinajstić information content (AvgIpc) is 4.14. The van der Waals surface area contributed by atoms with Crippen molar-refractivity contribution in [1.82, 2.24) is 0 Å². The Balaban J connectivity index is 1.19. The molecule has 10 saturated heterocycles. The zero-order valence-corrected chi connectivity index (χ0v) is 35.8. The van der Waals surface area contributed by atoms with Gasteiger partial charge in [-0.05, 0) is 0 Å². The third-order valence-electron chi connectivity index (χ3n) is 22.8. The van der Waals surface area contributed by atoms with Crippen LogP contribution in [0.4, 0.5) is 105 Å². The van der Waals surface area contributed by atoms with E-state index in [4.69, 9.17) is 0 Å². The van der Waals surface area contributed by atoms with E-state index in [9.17, 15) is 52.7 Å². The second-order valence-electron chi connectivity index (χ2n) is 21.1. The molecule has 69 heavy (non-hydrogen) atoms. The van der Waals surface area contributed by atoms with E-state index in [1.54, 1.807) is 0 Å². The van der Waals surface area contributed by atoms with Crippen molar-refractivity contribution in [1.29, 1.82) is 0 Å². The maximum absolute atomic E-state index is 15.6. The quantitative estimate of drug-likeness (QED) is 0.103. The summed E-state index contributed by atoms with van der Waals surface area (Å²) < 4.78 is 360. The number of fused-ring (bicyclic) bond motifs is 10. The van der Waals surface area contributed by atoms with Gasteiger partial charge >= 0.3 is 362 Å². The summed E-state index contributed by atoms with van der Waals surface area (Å²) >= 11 is 0. The van der Waals surface area contributed by atoms with E-state index in [0.29, 0.717) is 24.3 Å². The zero-order chi connectivity index (χ0) is 50.5. The van der Waals surface area contributed by atoms with Crippen molar-refractivity contribution >= 4 is 37.1 Å². The number of rotatable bonds is 6. The van der Waals surface area contributed by atoms with Crippen LogP contribution in [-0.2, 0) is 55.9 Å². The Morgan fingerprint density at radius 2 is 0.493 bits per heavy atom. The molecule has 14 rings (SSSR count). The first-order chi connectivity index (χ1) is 31.1. The molecular weight excluding hydrogens is 1080 g/mol. The predicted octanol–water partition coefficient (Wildman–Crippen LogP) is 15.6. The van der Waals surface area contributed by atoms with Gasteiger partial charge in [0.15, 0.2) is 0 Å².